The van der Waals surface area contributed by atoms with Crippen LogP contribution in [-0.2, 0) is 0 Å². The van der Waals surface area contributed by atoms with Crippen molar-refractivity contribution in [1.29, 1.82) is 0 Å². The standard InChI is InChI=1S/C10H18BrN/c1-12-5-4-8-6-10(11)3-2-9(8)7-12/h8-10H,2-7H2,1H3. The molecule has 0 aromatic rings. The van der Waals surface area contributed by atoms with Gasteiger partial charge in [-0.05, 0) is 51.1 Å². The first-order valence-electron chi connectivity index (χ1n) is 5.08. The molecule has 1 nitrogen and oxygen atoms in total. The molecule has 3 unspecified atom stereocenters. The zero-order valence-electron chi connectivity index (χ0n) is 7.80. The summed E-state index contributed by atoms with van der Waals surface area (Å²) in [5.74, 6) is 2.04. The van der Waals surface area contributed by atoms with E-state index in [0.29, 0.717) is 0 Å². The molecular formula is C10H18BrN. The number of nitrogens with zero attached hydrogens (tertiary/aromatic N) is 1. The van der Waals surface area contributed by atoms with Gasteiger partial charge in [-0.15, -0.1) is 0 Å². The van der Waals surface area contributed by atoms with Crippen LogP contribution in [-0.4, -0.2) is 29.9 Å². The Hall–Kier alpha value is 0.440. The summed E-state index contributed by atoms with van der Waals surface area (Å²) in [7, 11) is 2.26. The van der Waals surface area contributed by atoms with Crippen LogP contribution in [0, 0.1) is 11.8 Å². The topological polar surface area (TPSA) is 3.24 Å². The largest absolute Gasteiger partial charge is 0.306 e. The number of rotatable bonds is 0. The van der Waals surface area contributed by atoms with Crippen molar-refractivity contribution >= 4 is 15.9 Å². The first-order chi connectivity index (χ1) is 5.75. The molecule has 0 radical (unpaired) electrons. The molecule has 2 aliphatic rings. The van der Waals surface area contributed by atoms with Crippen molar-refractivity contribution in [2.45, 2.75) is 30.5 Å². The molecule has 3 atom stereocenters. The highest BCUT2D eigenvalue weighted by molar-refractivity contribution is 9.09. The number of alkyl halides is 1. The number of hydrogen-bond donors (Lipinski definition) is 0. The van der Waals surface area contributed by atoms with Gasteiger partial charge in [-0.2, -0.15) is 0 Å². The average molecular weight is 232 g/mol. The Balaban J connectivity index is 1.94. The van der Waals surface area contributed by atoms with Crippen molar-refractivity contribution in [2.75, 3.05) is 20.1 Å². The number of likely N-dealkylation sites (tertiary alicyclic amines) is 1. The lowest BCUT2D eigenvalue weighted by Gasteiger charge is -2.41. The molecule has 0 aromatic heterocycles. The van der Waals surface area contributed by atoms with Crippen molar-refractivity contribution in [2.24, 2.45) is 11.8 Å². The first-order valence-corrected chi connectivity index (χ1v) is 6.00. The van der Waals surface area contributed by atoms with E-state index < -0.39 is 0 Å². The molecule has 12 heavy (non-hydrogen) atoms. The van der Waals surface area contributed by atoms with Crippen LogP contribution < -0.4 is 0 Å². The predicted molar refractivity (Wildman–Crippen MR) is 55.7 cm³/mol. The molecular weight excluding hydrogens is 214 g/mol. The molecule has 0 aromatic carbocycles. The van der Waals surface area contributed by atoms with Gasteiger partial charge in [0, 0.05) is 11.4 Å². The second-order valence-corrected chi connectivity index (χ2v) is 5.78. The highest BCUT2D eigenvalue weighted by Crippen LogP contribution is 2.38. The quantitative estimate of drug-likeness (QED) is 0.580. The van der Waals surface area contributed by atoms with Gasteiger partial charge in [-0.1, -0.05) is 15.9 Å². The highest BCUT2D eigenvalue weighted by atomic mass is 79.9. The van der Waals surface area contributed by atoms with Gasteiger partial charge in [0.25, 0.3) is 0 Å². The third-order valence-electron chi connectivity index (χ3n) is 3.50. The first kappa shape index (κ1) is 9.01. The minimum Gasteiger partial charge on any atom is -0.306 e. The van der Waals surface area contributed by atoms with E-state index in [4.69, 9.17) is 0 Å². The number of hydrogen-bond acceptors (Lipinski definition) is 1. The lowest BCUT2D eigenvalue weighted by atomic mass is 9.75. The lowest BCUT2D eigenvalue weighted by molar-refractivity contribution is 0.108. The van der Waals surface area contributed by atoms with Gasteiger partial charge in [0.15, 0.2) is 0 Å². The minimum absolute atomic E-state index is 0.821. The highest BCUT2D eigenvalue weighted by Gasteiger charge is 2.32. The predicted octanol–water partition coefficient (Wildman–Crippen LogP) is 2.50. The van der Waals surface area contributed by atoms with Crippen molar-refractivity contribution in [3.63, 3.8) is 0 Å². The van der Waals surface area contributed by atoms with Gasteiger partial charge < -0.3 is 4.90 Å². The third-order valence-corrected chi connectivity index (χ3v) is 4.34. The molecule has 0 spiro atoms. The fourth-order valence-corrected chi connectivity index (χ4v) is 3.49. The monoisotopic (exact) mass is 231 g/mol. The van der Waals surface area contributed by atoms with Crippen LogP contribution in [0.5, 0.6) is 0 Å². The summed E-state index contributed by atoms with van der Waals surface area (Å²) < 4.78 is 0. The summed E-state index contributed by atoms with van der Waals surface area (Å²) in [6, 6.07) is 0. The van der Waals surface area contributed by atoms with Gasteiger partial charge in [0.05, 0.1) is 0 Å². The maximum atomic E-state index is 3.75. The average Bonchev–Trinajstić information content (AvgIpc) is 2.05. The van der Waals surface area contributed by atoms with Crippen molar-refractivity contribution in [3.05, 3.63) is 0 Å². The molecule has 2 rings (SSSR count). The van der Waals surface area contributed by atoms with Crippen molar-refractivity contribution in [1.82, 2.24) is 4.90 Å². The second kappa shape index (κ2) is 3.67. The smallest absolute Gasteiger partial charge is 0.0148 e. The maximum absolute atomic E-state index is 3.75. The van der Waals surface area contributed by atoms with E-state index in [2.05, 4.69) is 27.9 Å². The van der Waals surface area contributed by atoms with Crippen LogP contribution in [0.4, 0.5) is 0 Å². The maximum Gasteiger partial charge on any atom is 0.0148 e. The normalized spacial score (nSPS) is 44.0. The lowest BCUT2D eigenvalue weighted by Crippen LogP contribution is -2.41. The van der Waals surface area contributed by atoms with Gasteiger partial charge in [0.2, 0.25) is 0 Å². The van der Waals surface area contributed by atoms with Crippen LogP contribution in [0.3, 0.4) is 0 Å². The Bertz CT molecular complexity index is 142. The molecule has 1 saturated heterocycles. The second-order valence-electron chi connectivity index (χ2n) is 4.48. The Morgan fingerprint density at radius 3 is 2.83 bits per heavy atom. The van der Waals surface area contributed by atoms with E-state index in [1.807, 2.05) is 0 Å². The van der Waals surface area contributed by atoms with Crippen LogP contribution in [0.15, 0.2) is 0 Å². The van der Waals surface area contributed by atoms with E-state index in [-0.39, 0.29) is 0 Å². The third kappa shape index (κ3) is 1.85. The molecule has 70 valence electrons. The van der Waals surface area contributed by atoms with E-state index >= 15 is 0 Å². The van der Waals surface area contributed by atoms with E-state index in [1.54, 1.807) is 0 Å². The summed E-state index contributed by atoms with van der Waals surface area (Å²) in [6.45, 7) is 2.67. The summed E-state index contributed by atoms with van der Waals surface area (Å²) in [5.41, 5.74) is 0. The molecule has 1 heterocycles. The molecule has 0 bridgehead atoms. The summed E-state index contributed by atoms with van der Waals surface area (Å²) in [4.78, 5) is 3.32. The molecule has 1 aliphatic carbocycles. The SMILES string of the molecule is CN1CCC2CC(Br)CCC2C1. The molecule has 1 saturated carbocycles. The van der Waals surface area contributed by atoms with E-state index in [1.165, 1.54) is 38.8 Å². The van der Waals surface area contributed by atoms with Crippen LogP contribution in [0.2, 0.25) is 0 Å². The fourth-order valence-electron chi connectivity index (χ4n) is 2.74. The molecule has 2 heteroatoms. The van der Waals surface area contributed by atoms with E-state index in [0.717, 1.165) is 16.7 Å². The van der Waals surface area contributed by atoms with Gasteiger partial charge in [-0.3, -0.25) is 0 Å². The number of piperidine rings is 1. The molecule has 0 amide bonds. The van der Waals surface area contributed by atoms with Gasteiger partial charge >= 0.3 is 0 Å². The van der Waals surface area contributed by atoms with Crippen LogP contribution in [0.25, 0.3) is 0 Å². The van der Waals surface area contributed by atoms with Gasteiger partial charge in [-0.25, -0.2) is 0 Å². The van der Waals surface area contributed by atoms with Gasteiger partial charge in [0.1, 0.15) is 0 Å². The number of halogens is 1. The Morgan fingerprint density at radius 1 is 1.17 bits per heavy atom. The minimum atomic E-state index is 0.821. The summed E-state index contributed by atoms with van der Waals surface area (Å²) >= 11 is 3.75. The van der Waals surface area contributed by atoms with Crippen LogP contribution >= 0.6 is 15.9 Å². The van der Waals surface area contributed by atoms with Crippen molar-refractivity contribution < 1.29 is 0 Å². The zero-order valence-corrected chi connectivity index (χ0v) is 9.39. The Morgan fingerprint density at radius 2 is 2.00 bits per heavy atom. The number of fused-ring (bicyclic) bond motifs is 1. The van der Waals surface area contributed by atoms with Crippen LogP contribution in [0.1, 0.15) is 25.7 Å². The Labute approximate surface area is 83.6 Å². The molecule has 2 fully saturated rings. The van der Waals surface area contributed by atoms with Crippen molar-refractivity contribution in [3.8, 4) is 0 Å². The van der Waals surface area contributed by atoms with E-state index in [9.17, 15) is 0 Å². The fraction of sp³-hybridized carbons (Fsp3) is 1.00. The molecule has 0 N–H and O–H groups in total. The summed E-state index contributed by atoms with van der Waals surface area (Å²) in [6.07, 6.45) is 5.71. The zero-order chi connectivity index (χ0) is 8.55. The summed E-state index contributed by atoms with van der Waals surface area (Å²) in [5, 5.41) is 0. The molecule has 1 aliphatic heterocycles. The Kier molecular flexibility index (Phi) is 2.75.